The third kappa shape index (κ3) is 2.40. The number of sulfonamides is 1. The summed E-state index contributed by atoms with van der Waals surface area (Å²) in [4.78, 5) is 0. The van der Waals surface area contributed by atoms with E-state index in [1.807, 2.05) is 0 Å². The summed E-state index contributed by atoms with van der Waals surface area (Å²) in [5.74, 6) is 0. The zero-order valence-electron chi connectivity index (χ0n) is 7.36. The van der Waals surface area contributed by atoms with Gasteiger partial charge in [0.2, 0.25) is 10.0 Å². The van der Waals surface area contributed by atoms with Gasteiger partial charge in [0.05, 0.1) is 18.7 Å². The second kappa shape index (κ2) is 4.05. The minimum Gasteiger partial charge on any atom is -0.377 e. The average molecular weight is 204 g/mol. The molecule has 13 heavy (non-hydrogen) atoms. The highest BCUT2D eigenvalue weighted by Gasteiger charge is 2.35. The molecular weight excluding hydrogens is 192 g/mol. The molecule has 1 heterocycles. The van der Waals surface area contributed by atoms with Crippen LogP contribution in [0.1, 0.15) is 13.3 Å². The lowest BCUT2D eigenvalue weighted by atomic mass is 10.3. The lowest BCUT2D eigenvalue weighted by molar-refractivity contribution is 0.126. The molecule has 0 aromatic heterocycles. The summed E-state index contributed by atoms with van der Waals surface area (Å²) in [5, 5.41) is 7.72. The van der Waals surface area contributed by atoms with Crippen LogP contribution in [0.5, 0.6) is 0 Å². The van der Waals surface area contributed by atoms with Crippen LogP contribution in [0.3, 0.4) is 0 Å². The highest BCUT2D eigenvalue weighted by molar-refractivity contribution is 7.90. The number of hydrogen-bond acceptors (Lipinski definition) is 4. The summed E-state index contributed by atoms with van der Waals surface area (Å²) in [6.07, 6.45) is 0.221. The van der Waals surface area contributed by atoms with Crippen molar-refractivity contribution >= 4 is 10.0 Å². The van der Waals surface area contributed by atoms with Crippen molar-refractivity contribution in [1.29, 1.82) is 5.26 Å². The predicted octanol–water partition coefficient (Wildman–Crippen LogP) is -0.393. The van der Waals surface area contributed by atoms with Gasteiger partial charge in [0.25, 0.3) is 0 Å². The Hall–Kier alpha value is -0.640. The molecule has 1 N–H and O–H groups in total. The van der Waals surface area contributed by atoms with E-state index >= 15 is 0 Å². The lowest BCUT2D eigenvalue weighted by Gasteiger charge is -2.13. The van der Waals surface area contributed by atoms with Crippen LogP contribution in [0.15, 0.2) is 0 Å². The standard InChI is InChI=1S/C7H12N2O3S/c1-6-7(2-5-12-6)13(10,11)9-4-3-8/h6-7,9H,2,4-5H2,1H3. The van der Waals surface area contributed by atoms with E-state index in [2.05, 4.69) is 4.72 Å². The first kappa shape index (κ1) is 10.4. The van der Waals surface area contributed by atoms with Gasteiger partial charge in [-0.1, -0.05) is 0 Å². The Morgan fingerprint density at radius 1 is 1.69 bits per heavy atom. The number of nitriles is 1. The summed E-state index contributed by atoms with van der Waals surface area (Å²) in [5.41, 5.74) is 0. The number of nitrogens with zero attached hydrogens (tertiary/aromatic N) is 1. The Kier molecular flexibility index (Phi) is 3.25. The Labute approximate surface area is 77.7 Å². The fraction of sp³-hybridized carbons (Fsp3) is 0.857. The van der Waals surface area contributed by atoms with Crippen molar-refractivity contribution in [1.82, 2.24) is 4.72 Å². The molecule has 0 aromatic rings. The smallest absolute Gasteiger partial charge is 0.218 e. The molecule has 74 valence electrons. The lowest BCUT2D eigenvalue weighted by Crippen LogP contribution is -2.38. The van der Waals surface area contributed by atoms with Gasteiger partial charge in [-0.2, -0.15) is 5.26 Å². The van der Waals surface area contributed by atoms with Crippen LogP contribution in [-0.2, 0) is 14.8 Å². The SMILES string of the molecule is CC1OCCC1S(=O)(=O)NCC#N. The quantitative estimate of drug-likeness (QED) is 0.635. The molecule has 0 amide bonds. The Morgan fingerprint density at radius 3 is 2.85 bits per heavy atom. The van der Waals surface area contributed by atoms with E-state index in [1.165, 1.54) is 0 Å². The predicted molar refractivity (Wildman–Crippen MR) is 46.4 cm³/mol. The maximum Gasteiger partial charge on any atom is 0.218 e. The zero-order chi connectivity index (χ0) is 9.90. The monoisotopic (exact) mass is 204 g/mol. The third-order valence-electron chi connectivity index (χ3n) is 2.06. The van der Waals surface area contributed by atoms with Crippen LogP contribution >= 0.6 is 0 Å². The number of rotatable bonds is 3. The van der Waals surface area contributed by atoms with Crippen molar-refractivity contribution in [2.24, 2.45) is 0 Å². The fourth-order valence-electron chi connectivity index (χ4n) is 1.36. The molecule has 0 saturated carbocycles. The largest absolute Gasteiger partial charge is 0.377 e. The van der Waals surface area contributed by atoms with Crippen molar-refractivity contribution in [2.75, 3.05) is 13.2 Å². The summed E-state index contributed by atoms with van der Waals surface area (Å²) < 4.78 is 30.3. The van der Waals surface area contributed by atoms with E-state index in [0.29, 0.717) is 13.0 Å². The van der Waals surface area contributed by atoms with Crippen molar-refractivity contribution in [3.8, 4) is 6.07 Å². The molecule has 1 aliphatic rings. The molecule has 0 bridgehead atoms. The van der Waals surface area contributed by atoms with Crippen molar-refractivity contribution < 1.29 is 13.2 Å². The van der Waals surface area contributed by atoms with Crippen molar-refractivity contribution in [2.45, 2.75) is 24.7 Å². The first-order chi connectivity index (χ1) is 6.08. The van der Waals surface area contributed by atoms with E-state index in [9.17, 15) is 8.42 Å². The number of hydrogen-bond donors (Lipinski definition) is 1. The molecule has 2 atom stereocenters. The number of ether oxygens (including phenoxy) is 1. The van der Waals surface area contributed by atoms with Gasteiger partial charge in [-0.25, -0.2) is 13.1 Å². The first-order valence-electron chi connectivity index (χ1n) is 4.05. The maximum atomic E-state index is 11.5. The fourth-order valence-corrected chi connectivity index (χ4v) is 2.83. The van der Waals surface area contributed by atoms with Crippen molar-refractivity contribution in [3.05, 3.63) is 0 Å². The Bertz CT molecular complexity index is 306. The molecule has 1 rings (SSSR count). The molecule has 1 saturated heterocycles. The zero-order valence-corrected chi connectivity index (χ0v) is 8.17. The second-order valence-corrected chi connectivity index (χ2v) is 4.91. The summed E-state index contributed by atoms with van der Waals surface area (Å²) in [6.45, 7) is 2.02. The maximum absolute atomic E-state index is 11.5. The van der Waals surface area contributed by atoms with Crippen LogP contribution in [0.4, 0.5) is 0 Å². The Morgan fingerprint density at radius 2 is 2.38 bits per heavy atom. The number of nitrogens with one attached hydrogen (secondary N) is 1. The minimum atomic E-state index is -3.37. The van der Waals surface area contributed by atoms with E-state index in [-0.39, 0.29) is 12.6 Å². The molecule has 6 heteroatoms. The van der Waals surface area contributed by atoms with Gasteiger partial charge in [0.15, 0.2) is 0 Å². The molecule has 0 radical (unpaired) electrons. The highest BCUT2D eigenvalue weighted by atomic mass is 32.2. The normalized spacial score (nSPS) is 28.6. The molecule has 1 aliphatic heterocycles. The molecule has 0 spiro atoms. The van der Waals surface area contributed by atoms with E-state index in [0.717, 1.165) is 0 Å². The van der Waals surface area contributed by atoms with Gasteiger partial charge in [-0.3, -0.25) is 0 Å². The summed E-state index contributed by atoms with van der Waals surface area (Å²) in [6, 6.07) is 1.73. The minimum absolute atomic E-state index is 0.175. The van der Waals surface area contributed by atoms with Crippen LogP contribution in [-0.4, -0.2) is 32.9 Å². The van der Waals surface area contributed by atoms with E-state index in [1.54, 1.807) is 13.0 Å². The van der Waals surface area contributed by atoms with Gasteiger partial charge < -0.3 is 4.74 Å². The summed E-state index contributed by atoms with van der Waals surface area (Å²) in [7, 11) is -3.37. The van der Waals surface area contributed by atoms with Gasteiger partial charge in [-0.15, -0.1) is 0 Å². The molecule has 0 aliphatic carbocycles. The highest BCUT2D eigenvalue weighted by Crippen LogP contribution is 2.19. The molecule has 2 unspecified atom stereocenters. The topological polar surface area (TPSA) is 79.2 Å². The van der Waals surface area contributed by atoms with Gasteiger partial charge >= 0.3 is 0 Å². The van der Waals surface area contributed by atoms with Gasteiger partial charge in [0.1, 0.15) is 5.25 Å². The van der Waals surface area contributed by atoms with Crippen LogP contribution < -0.4 is 4.72 Å². The van der Waals surface area contributed by atoms with Crippen molar-refractivity contribution in [3.63, 3.8) is 0 Å². The molecular formula is C7H12N2O3S. The molecule has 0 aromatic carbocycles. The molecule has 5 nitrogen and oxygen atoms in total. The van der Waals surface area contributed by atoms with Crippen LogP contribution in [0, 0.1) is 11.3 Å². The van der Waals surface area contributed by atoms with Gasteiger partial charge in [0, 0.05) is 6.61 Å². The average Bonchev–Trinajstić information content (AvgIpc) is 2.48. The van der Waals surface area contributed by atoms with Gasteiger partial charge in [-0.05, 0) is 13.3 Å². The van der Waals surface area contributed by atoms with E-state index in [4.69, 9.17) is 10.00 Å². The Balaban J connectivity index is 2.64. The van der Waals surface area contributed by atoms with Crippen LogP contribution in [0.2, 0.25) is 0 Å². The first-order valence-corrected chi connectivity index (χ1v) is 5.59. The summed E-state index contributed by atoms with van der Waals surface area (Å²) >= 11 is 0. The third-order valence-corrected chi connectivity index (χ3v) is 4.02. The van der Waals surface area contributed by atoms with E-state index < -0.39 is 15.3 Å². The van der Waals surface area contributed by atoms with Crippen LogP contribution in [0.25, 0.3) is 0 Å². The second-order valence-electron chi connectivity index (χ2n) is 2.93. The molecule has 1 fully saturated rings.